The summed E-state index contributed by atoms with van der Waals surface area (Å²) in [5.74, 6) is -0.0827. The second kappa shape index (κ2) is 55.9. The summed E-state index contributed by atoms with van der Waals surface area (Å²) in [6.45, 7) is 4.89. The molecule has 390 valence electrons. The lowest BCUT2D eigenvalue weighted by Crippen LogP contribution is -2.45. The molecule has 3 N–H and O–H groups in total. The van der Waals surface area contributed by atoms with E-state index in [9.17, 15) is 19.8 Å². The number of rotatable bonds is 55. The van der Waals surface area contributed by atoms with Crippen molar-refractivity contribution in [3.05, 3.63) is 24.3 Å². The number of aliphatic hydroxyl groups is 2. The number of amides is 1. The second-order valence-corrected chi connectivity index (χ2v) is 20.3. The van der Waals surface area contributed by atoms with Crippen LogP contribution in [0, 0.1) is 0 Å². The standard InChI is InChI=1S/C60H115NO5/c1-3-5-7-9-11-13-15-17-19-20-21-22-23-25-28-32-36-40-44-48-52-58(63)57(56-62)61-59(64)53-49-45-41-37-33-29-26-24-27-31-35-39-43-47-51-55-66-60(65)54-50-46-42-38-34-30-18-16-14-12-10-8-6-4-2/h16,18,48,52,57-58,62-63H,3-15,17,19-47,49-51,53-56H2,1-2H3,(H,61,64)/b18-16-,52-48+. The van der Waals surface area contributed by atoms with Gasteiger partial charge in [-0.05, 0) is 57.8 Å². The van der Waals surface area contributed by atoms with E-state index in [0.717, 1.165) is 51.4 Å². The molecule has 0 aromatic carbocycles. The van der Waals surface area contributed by atoms with Crippen LogP contribution in [0.5, 0.6) is 0 Å². The summed E-state index contributed by atoms with van der Waals surface area (Å²) in [7, 11) is 0. The van der Waals surface area contributed by atoms with Crippen LogP contribution in [-0.4, -0.2) is 47.4 Å². The highest BCUT2D eigenvalue weighted by atomic mass is 16.5. The minimum atomic E-state index is -0.851. The van der Waals surface area contributed by atoms with Gasteiger partial charge in [0.25, 0.3) is 0 Å². The fourth-order valence-corrected chi connectivity index (χ4v) is 9.16. The van der Waals surface area contributed by atoms with Crippen molar-refractivity contribution in [3.8, 4) is 0 Å². The Hall–Kier alpha value is -1.66. The highest BCUT2D eigenvalue weighted by Gasteiger charge is 2.18. The SMILES string of the molecule is CCCCCCC/C=C\CCCCCCCC(=O)OCCCCCCCCCCCCCCCCCC(=O)NC(CO)C(O)/C=C/CCCCCCCCCCCCCCCCCCCC. The van der Waals surface area contributed by atoms with Crippen LogP contribution >= 0.6 is 0 Å². The zero-order chi connectivity index (χ0) is 47.9. The van der Waals surface area contributed by atoms with Gasteiger partial charge in [-0.15, -0.1) is 0 Å². The van der Waals surface area contributed by atoms with Crippen molar-refractivity contribution in [2.75, 3.05) is 13.2 Å². The van der Waals surface area contributed by atoms with E-state index in [1.165, 1.54) is 244 Å². The van der Waals surface area contributed by atoms with Crippen LogP contribution in [0.25, 0.3) is 0 Å². The highest BCUT2D eigenvalue weighted by Crippen LogP contribution is 2.17. The molecule has 0 bridgehead atoms. The van der Waals surface area contributed by atoms with Crippen molar-refractivity contribution in [2.24, 2.45) is 0 Å². The maximum atomic E-state index is 12.5. The third kappa shape index (κ3) is 51.7. The first kappa shape index (κ1) is 64.3. The molecule has 0 aromatic heterocycles. The fourth-order valence-electron chi connectivity index (χ4n) is 9.16. The van der Waals surface area contributed by atoms with E-state index in [2.05, 4.69) is 31.3 Å². The summed E-state index contributed by atoms with van der Waals surface area (Å²) in [5, 5.41) is 23.2. The first-order valence-electron chi connectivity index (χ1n) is 29.6. The quantitative estimate of drug-likeness (QED) is 0.0321. The number of carbonyl (C=O) groups is 2. The van der Waals surface area contributed by atoms with Gasteiger partial charge >= 0.3 is 5.97 Å². The molecular weight excluding hydrogens is 815 g/mol. The number of unbranched alkanes of at least 4 members (excludes halogenated alkanes) is 42. The molecule has 0 aliphatic rings. The van der Waals surface area contributed by atoms with E-state index >= 15 is 0 Å². The van der Waals surface area contributed by atoms with Crippen molar-refractivity contribution in [3.63, 3.8) is 0 Å². The lowest BCUT2D eigenvalue weighted by molar-refractivity contribution is -0.143. The zero-order valence-electron chi connectivity index (χ0n) is 44.4. The van der Waals surface area contributed by atoms with E-state index in [0.29, 0.717) is 19.4 Å². The summed E-state index contributed by atoms with van der Waals surface area (Å²) in [5.41, 5.74) is 0. The van der Waals surface area contributed by atoms with Gasteiger partial charge in [0.15, 0.2) is 0 Å². The molecule has 0 rings (SSSR count). The van der Waals surface area contributed by atoms with E-state index < -0.39 is 12.1 Å². The average molecular weight is 931 g/mol. The molecule has 6 nitrogen and oxygen atoms in total. The van der Waals surface area contributed by atoms with Crippen LogP contribution < -0.4 is 5.32 Å². The fraction of sp³-hybridized carbons (Fsp3) is 0.900. The second-order valence-electron chi connectivity index (χ2n) is 20.3. The minimum absolute atomic E-state index is 0.00854. The zero-order valence-corrected chi connectivity index (χ0v) is 44.4. The topological polar surface area (TPSA) is 95.9 Å². The van der Waals surface area contributed by atoms with Gasteiger partial charge in [0.1, 0.15) is 0 Å². The Morgan fingerprint density at radius 2 is 0.712 bits per heavy atom. The maximum absolute atomic E-state index is 12.5. The third-order valence-corrected chi connectivity index (χ3v) is 13.7. The van der Waals surface area contributed by atoms with Crippen LogP contribution in [0.2, 0.25) is 0 Å². The third-order valence-electron chi connectivity index (χ3n) is 13.7. The molecule has 0 heterocycles. The van der Waals surface area contributed by atoms with Crippen LogP contribution in [0.15, 0.2) is 24.3 Å². The first-order chi connectivity index (χ1) is 32.5. The summed E-state index contributed by atoms with van der Waals surface area (Å²) in [6, 6.07) is -0.635. The number of hydrogen-bond acceptors (Lipinski definition) is 5. The van der Waals surface area contributed by atoms with Gasteiger partial charge in [-0.25, -0.2) is 0 Å². The smallest absolute Gasteiger partial charge is 0.305 e. The molecule has 2 unspecified atom stereocenters. The monoisotopic (exact) mass is 930 g/mol. The predicted molar refractivity (Wildman–Crippen MR) is 287 cm³/mol. The van der Waals surface area contributed by atoms with Crippen LogP contribution in [-0.2, 0) is 14.3 Å². The normalized spacial score (nSPS) is 12.7. The average Bonchev–Trinajstić information content (AvgIpc) is 3.32. The number of aliphatic hydroxyl groups excluding tert-OH is 2. The Morgan fingerprint density at radius 1 is 0.409 bits per heavy atom. The molecule has 2 atom stereocenters. The Balaban J connectivity index is 3.47. The van der Waals surface area contributed by atoms with E-state index in [4.69, 9.17) is 4.74 Å². The van der Waals surface area contributed by atoms with E-state index in [-0.39, 0.29) is 18.5 Å². The van der Waals surface area contributed by atoms with Crippen LogP contribution in [0.3, 0.4) is 0 Å². The van der Waals surface area contributed by atoms with Crippen LogP contribution in [0.1, 0.15) is 322 Å². The number of ether oxygens (including phenoxy) is 1. The van der Waals surface area contributed by atoms with E-state index in [1.54, 1.807) is 6.08 Å². The molecular formula is C60H115NO5. The number of carbonyl (C=O) groups excluding carboxylic acids is 2. The van der Waals surface area contributed by atoms with Gasteiger partial charge in [0.2, 0.25) is 5.91 Å². The maximum Gasteiger partial charge on any atom is 0.305 e. The van der Waals surface area contributed by atoms with Gasteiger partial charge in [0.05, 0.1) is 25.4 Å². The number of allylic oxidation sites excluding steroid dienone is 3. The number of nitrogens with one attached hydrogen (secondary N) is 1. The van der Waals surface area contributed by atoms with Crippen molar-refractivity contribution in [2.45, 2.75) is 334 Å². The molecule has 66 heavy (non-hydrogen) atoms. The van der Waals surface area contributed by atoms with Crippen molar-refractivity contribution >= 4 is 11.9 Å². The number of esters is 1. The molecule has 0 fully saturated rings. The summed E-state index contributed by atoms with van der Waals surface area (Å²) >= 11 is 0. The molecule has 0 aromatic rings. The lowest BCUT2D eigenvalue weighted by atomic mass is 10.0. The van der Waals surface area contributed by atoms with Crippen molar-refractivity contribution in [1.29, 1.82) is 0 Å². The van der Waals surface area contributed by atoms with Gasteiger partial charge < -0.3 is 20.3 Å². The van der Waals surface area contributed by atoms with E-state index in [1.807, 2.05) is 6.08 Å². The summed E-state index contributed by atoms with van der Waals surface area (Å²) in [4.78, 5) is 24.5. The van der Waals surface area contributed by atoms with Gasteiger partial charge in [-0.2, -0.15) is 0 Å². The lowest BCUT2D eigenvalue weighted by Gasteiger charge is -2.20. The highest BCUT2D eigenvalue weighted by molar-refractivity contribution is 5.76. The molecule has 0 saturated heterocycles. The molecule has 0 spiro atoms. The first-order valence-corrected chi connectivity index (χ1v) is 29.6. The largest absolute Gasteiger partial charge is 0.466 e. The molecule has 0 radical (unpaired) electrons. The summed E-state index contributed by atoms with van der Waals surface area (Å²) < 4.78 is 5.47. The van der Waals surface area contributed by atoms with Crippen molar-refractivity contribution in [1.82, 2.24) is 5.32 Å². The number of hydrogen-bond donors (Lipinski definition) is 3. The van der Waals surface area contributed by atoms with Gasteiger partial charge in [-0.1, -0.05) is 276 Å². The summed E-state index contributed by atoms with van der Waals surface area (Å²) in [6.07, 6.45) is 67.7. The Kier molecular flexibility index (Phi) is 54.5. The van der Waals surface area contributed by atoms with Crippen LogP contribution in [0.4, 0.5) is 0 Å². The molecule has 0 saturated carbocycles. The molecule has 0 aliphatic carbocycles. The Bertz CT molecular complexity index is 1030. The van der Waals surface area contributed by atoms with Gasteiger partial charge in [0, 0.05) is 12.8 Å². The molecule has 1 amide bonds. The molecule has 6 heteroatoms. The predicted octanol–water partition coefficient (Wildman–Crippen LogP) is 18.2. The Labute approximate surface area is 411 Å². The van der Waals surface area contributed by atoms with Crippen molar-refractivity contribution < 1.29 is 24.5 Å². The molecule has 0 aliphatic heterocycles. The van der Waals surface area contributed by atoms with Gasteiger partial charge in [-0.3, -0.25) is 9.59 Å². The Morgan fingerprint density at radius 3 is 1.08 bits per heavy atom. The minimum Gasteiger partial charge on any atom is -0.466 e.